The summed E-state index contributed by atoms with van der Waals surface area (Å²) in [4.78, 5) is 11.9. The molecule has 0 saturated carbocycles. The minimum Gasteiger partial charge on any atom is -0.506 e. The van der Waals surface area contributed by atoms with Crippen molar-refractivity contribution >= 4 is 23.3 Å². The second-order valence-electron chi connectivity index (χ2n) is 3.68. The van der Waals surface area contributed by atoms with Crippen LogP contribution in [0.5, 0.6) is 5.75 Å². The zero-order valence-electron chi connectivity index (χ0n) is 9.72. The predicted octanol–water partition coefficient (Wildman–Crippen LogP) is 2.51. The third-order valence-corrected chi connectivity index (χ3v) is 2.72. The smallest absolute Gasteiger partial charge is 0.256 e. The van der Waals surface area contributed by atoms with Crippen molar-refractivity contribution in [2.75, 3.05) is 5.32 Å². The highest BCUT2D eigenvalue weighted by Crippen LogP contribution is 2.23. The van der Waals surface area contributed by atoms with Crippen molar-refractivity contribution in [3.05, 3.63) is 41.0 Å². The van der Waals surface area contributed by atoms with Gasteiger partial charge in [-0.3, -0.25) is 9.48 Å². The lowest BCUT2D eigenvalue weighted by Crippen LogP contribution is -2.12. The van der Waals surface area contributed by atoms with E-state index in [2.05, 4.69) is 10.4 Å². The van der Waals surface area contributed by atoms with Gasteiger partial charge in [-0.05, 0) is 25.1 Å². The van der Waals surface area contributed by atoms with Crippen LogP contribution in [0.25, 0.3) is 0 Å². The lowest BCUT2D eigenvalue weighted by atomic mass is 10.2. The van der Waals surface area contributed by atoms with E-state index in [0.717, 1.165) is 6.54 Å². The molecule has 1 amide bonds. The van der Waals surface area contributed by atoms with Gasteiger partial charge in [0.25, 0.3) is 5.91 Å². The molecule has 0 radical (unpaired) electrons. The summed E-state index contributed by atoms with van der Waals surface area (Å²) >= 11 is 5.74. The van der Waals surface area contributed by atoms with Crippen molar-refractivity contribution in [2.24, 2.45) is 0 Å². The molecule has 0 unspecified atom stereocenters. The molecule has 0 atom stereocenters. The fourth-order valence-corrected chi connectivity index (χ4v) is 1.62. The summed E-state index contributed by atoms with van der Waals surface area (Å²) in [5.41, 5.74) is 0.365. The summed E-state index contributed by atoms with van der Waals surface area (Å²) in [5.74, 6) is 0.104. The average Bonchev–Trinajstić information content (AvgIpc) is 2.80. The standard InChI is InChI=1S/C12H12ClN3O2/c1-2-16-6-5-11(15-16)14-12(18)8-3-4-10(17)9(13)7-8/h3-7,17H,2H2,1H3,(H,14,15,18). The quantitative estimate of drug-likeness (QED) is 0.896. The minimum absolute atomic E-state index is 0.0523. The molecule has 2 N–H and O–H groups in total. The van der Waals surface area contributed by atoms with Crippen molar-refractivity contribution in [1.29, 1.82) is 0 Å². The SMILES string of the molecule is CCn1ccc(NC(=O)c2ccc(O)c(Cl)c2)n1. The Morgan fingerprint density at radius 1 is 1.50 bits per heavy atom. The molecule has 0 aliphatic carbocycles. The largest absolute Gasteiger partial charge is 0.506 e. The monoisotopic (exact) mass is 265 g/mol. The lowest BCUT2D eigenvalue weighted by Gasteiger charge is -2.03. The molecule has 0 aliphatic heterocycles. The maximum absolute atomic E-state index is 11.9. The number of benzene rings is 1. The van der Waals surface area contributed by atoms with E-state index < -0.39 is 0 Å². The fourth-order valence-electron chi connectivity index (χ4n) is 1.44. The Balaban J connectivity index is 2.14. The first-order valence-corrected chi connectivity index (χ1v) is 5.81. The van der Waals surface area contributed by atoms with E-state index in [-0.39, 0.29) is 16.7 Å². The molecule has 0 bridgehead atoms. The van der Waals surface area contributed by atoms with Crippen LogP contribution in [-0.2, 0) is 6.54 Å². The van der Waals surface area contributed by atoms with E-state index in [1.54, 1.807) is 16.9 Å². The van der Waals surface area contributed by atoms with Crippen LogP contribution in [-0.4, -0.2) is 20.8 Å². The second kappa shape index (κ2) is 5.10. The summed E-state index contributed by atoms with van der Waals surface area (Å²) in [5, 5.41) is 16.2. The lowest BCUT2D eigenvalue weighted by molar-refractivity contribution is 0.102. The third-order valence-electron chi connectivity index (χ3n) is 2.42. The number of carbonyl (C=O) groups is 1. The summed E-state index contributed by atoms with van der Waals surface area (Å²) in [6.07, 6.45) is 1.78. The van der Waals surface area contributed by atoms with Gasteiger partial charge in [0.05, 0.1) is 5.02 Å². The Bertz CT molecular complexity index is 580. The van der Waals surface area contributed by atoms with Crippen LogP contribution < -0.4 is 5.32 Å². The Morgan fingerprint density at radius 3 is 2.89 bits per heavy atom. The first kappa shape index (κ1) is 12.4. The summed E-state index contributed by atoms with van der Waals surface area (Å²) in [7, 11) is 0. The maximum atomic E-state index is 11.9. The van der Waals surface area contributed by atoms with Crippen LogP contribution in [0.15, 0.2) is 30.5 Å². The molecule has 1 aromatic heterocycles. The van der Waals surface area contributed by atoms with Crippen molar-refractivity contribution < 1.29 is 9.90 Å². The van der Waals surface area contributed by atoms with Crippen LogP contribution in [0.2, 0.25) is 5.02 Å². The van der Waals surface area contributed by atoms with Gasteiger partial charge in [0, 0.05) is 24.4 Å². The highest BCUT2D eigenvalue weighted by atomic mass is 35.5. The number of phenolic OH excluding ortho intramolecular Hbond substituents is 1. The Hall–Kier alpha value is -2.01. The molecule has 94 valence electrons. The first-order chi connectivity index (χ1) is 8.60. The second-order valence-corrected chi connectivity index (χ2v) is 4.08. The van der Waals surface area contributed by atoms with Crippen LogP contribution in [0.4, 0.5) is 5.82 Å². The molecule has 0 aliphatic rings. The number of anilines is 1. The number of phenols is 1. The molecule has 2 rings (SSSR count). The number of carbonyl (C=O) groups excluding carboxylic acids is 1. The van der Waals surface area contributed by atoms with E-state index in [9.17, 15) is 9.90 Å². The molecule has 5 nitrogen and oxygen atoms in total. The van der Waals surface area contributed by atoms with E-state index in [4.69, 9.17) is 11.6 Å². The molecule has 0 spiro atoms. The maximum Gasteiger partial charge on any atom is 0.256 e. The number of hydrogen-bond donors (Lipinski definition) is 2. The summed E-state index contributed by atoms with van der Waals surface area (Å²) in [6, 6.07) is 5.99. The Kier molecular flexibility index (Phi) is 3.53. The Labute approximate surface area is 109 Å². The number of aromatic nitrogens is 2. The summed E-state index contributed by atoms with van der Waals surface area (Å²) < 4.78 is 1.71. The van der Waals surface area contributed by atoms with Crippen molar-refractivity contribution in [2.45, 2.75) is 13.5 Å². The molecule has 6 heteroatoms. The average molecular weight is 266 g/mol. The molecular formula is C12H12ClN3O2. The first-order valence-electron chi connectivity index (χ1n) is 5.43. The van der Waals surface area contributed by atoms with Gasteiger partial charge in [-0.1, -0.05) is 11.6 Å². The number of nitrogens with zero attached hydrogens (tertiary/aromatic N) is 2. The fraction of sp³-hybridized carbons (Fsp3) is 0.167. The van der Waals surface area contributed by atoms with Gasteiger partial charge in [0.2, 0.25) is 0 Å². The highest BCUT2D eigenvalue weighted by Gasteiger charge is 2.09. The highest BCUT2D eigenvalue weighted by molar-refractivity contribution is 6.32. The third kappa shape index (κ3) is 2.62. The molecule has 2 aromatic rings. The molecule has 0 fully saturated rings. The zero-order chi connectivity index (χ0) is 13.1. The molecule has 1 heterocycles. The topological polar surface area (TPSA) is 67.2 Å². The number of nitrogens with one attached hydrogen (secondary N) is 1. The van der Waals surface area contributed by atoms with Crippen molar-refractivity contribution in [3.63, 3.8) is 0 Å². The Morgan fingerprint density at radius 2 is 2.28 bits per heavy atom. The van der Waals surface area contributed by atoms with E-state index >= 15 is 0 Å². The summed E-state index contributed by atoms with van der Waals surface area (Å²) in [6.45, 7) is 2.69. The van der Waals surface area contributed by atoms with E-state index in [0.29, 0.717) is 11.4 Å². The van der Waals surface area contributed by atoms with Crippen molar-refractivity contribution in [1.82, 2.24) is 9.78 Å². The van der Waals surface area contributed by atoms with Crippen LogP contribution in [0.3, 0.4) is 0 Å². The predicted molar refractivity (Wildman–Crippen MR) is 69.0 cm³/mol. The number of aryl methyl sites for hydroxylation is 1. The molecular weight excluding hydrogens is 254 g/mol. The van der Waals surface area contributed by atoms with Gasteiger partial charge in [-0.2, -0.15) is 5.10 Å². The van der Waals surface area contributed by atoms with Crippen molar-refractivity contribution in [3.8, 4) is 5.75 Å². The van der Waals surface area contributed by atoms with Gasteiger partial charge in [0.1, 0.15) is 5.75 Å². The van der Waals surface area contributed by atoms with Gasteiger partial charge in [-0.25, -0.2) is 0 Å². The number of rotatable bonds is 3. The molecule has 0 saturated heterocycles. The minimum atomic E-state index is -0.321. The number of hydrogen-bond acceptors (Lipinski definition) is 3. The number of halogens is 1. The van der Waals surface area contributed by atoms with Gasteiger partial charge >= 0.3 is 0 Å². The normalized spacial score (nSPS) is 10.3. The van der Waals surface area contributed by atoms with Crippen LogP contribution in [0.1, 0.15) is 17.3 Å². The number of aromatic hydroxyl groups is 1. The van der Waals surface area contributed by atoms with Gasteiger partial charge in [-0.15, -0.1) is 0 Å². The molecule has 1 aromatic carbocycles. The zero-order valence-corrected chi connectivity index (χ0v) is 10.5. The van der Waals surface area contributed by atoms with Crippen LogP contribution in [0, 0.1) is 0 Å². The van der Waals surface area contributed by atoms with Gasteiger partial charge < -0.3 is 10.4 Å². The van der Waals surface area contributed by atoms with Crippen LogP contribution >= 0.6 is 11.6 Å². The van der Waals surface area contributed by atoms with E-state index in [1.165, 1.54) is 18.2 Å². The van der Waals surface area contributed by atoms with E-state index in [1.807, 2.05) is 6.92 Å². The molecule has 18 heavy (non-hydrogen) atoms. The number of amides is 1. The van der Waals surface area contributed by atoms with Gasteiger partial charge in [0.15, 0.2) is 5.82 Å².